The Kier molecular flexibility index (Phi) is 7.53. The largest absolute Gasteiger partial charge is 0.505 e. The molecule has 31 heavy (non-hydrogen) atoms. The number of benzene rings is 2. The summed E-state index contributed by atoms with van der Waals surface area (Å²) in [6.07, 6.45) is 4.97. The summed E-state index contributed by atoms with van der Waals surface area (Å²) >= 11 is 0. The number of aliphatic hydroxyl groups is 1. The zero-order valence-electron chi connectivity index (χ0n) is 17.5. The lowest BCUT2D eigenvalue weighted by Crippen LogP contribution is -2.16. The average Bonchev–Trinajstić information content (AvgIpc) is 3.05. The third kappa shape index (κ3) is 5.36. The molecule has 0 spiro atoms. The quantitative estimate of drug-likeness (QED) is 0.236. The number of nitrogens with one attached hydrogen (secondary N) is 1. The normalized spacial score (nSPS) is 11.7. The molecule has 0 saturated heterocycles. The van der Waals surface area contributed by atoms with Crippen molar-refractivity contribution in [2.75, 3.05) is 6.61 Å². The number of aliphatic hydroxyl groups excluding tert-OH is 1. The third-order valence-corrected chi connectivity index (χ3v) is 4.92. The fraction of sp³-hybridized carbons (Fsp3) is 0.261. The van der Waals surface area contributed by atoms with Gasteiger partial charge in [-0.25, -0.2) is 0 Å². The Labute approximate surface area is 180 Å². The summed E-state index contributed by atoms with van der Waals surface area (Å²) in [5.74, 6) is -0.0239. The van der Waals surface area contributed by atoms with E-state index >= 15 is 0 Å². The molecular weight excluding hydrogens is 394 g/mol. The van der Waals surface area contributed by atoms with Crippen LogP contribution in [0.5, 0.6) is 5.75 Å². The number of phenolic OH excluding ortho intramolecular Hbond substituents is 1. The van der Waals surface area contributed by atoms with Crippen LogP contribution < -0.4 is 11.3 Å². The van der Waals surface area contributed by atoms with Gasteiger partial charge in [-0.3, -0.25) is 14.6 Å². The molecular formula is C23H27N5O3. The Bertz CT molecular complexity index is 1140. The minimum atomic E-state index is -0.284. The van der Waals surface area contributed by atoms with E-state index in [1.165, 1.54) is 4.68 Å². The maximum absolute atomic E-state index is 12.5. The Morgan fingerprint density at radius 3 is 2.58 bits per heavy atom. The highest BCUT2D eigenvalue weighted by Gasteiger charge is 2.11. The molecule has 3 rings (SSSR count). The first-order valence-electron chi connectivity index (χ1n) is 10.1. The van der Waals surface area contributed by atoms with Crippen molar-refractivity contribution < 1.29 is 10.2 Å². The van der Waals surface area contributed by atoms with Gasteiger partial charge in [0.15, 0.2) is 5.69 Å². The molecule has 0 atom stereocenters. The van der Waals surface area contributed by atoms with Crippen molar-refractivity contribution in [1.29, 1.82) is 0 Å². The van der Waals surface area contributed by atoms with Crippen molar-refractivity contribution in [2.45, 2.75) is 32.9 Å². The summed E-state index contributed by atoms with van der Waals surface area (Å²) < 4.78 is 1.45. The van der Waals surface area contributed by atoms with Crippen LogP contribution in [0.25, 0.3) is 12.2 Å². The van der Waals surface area contributed by atoms with E-state index in [1.54, 1.807) is 31.2 Å². The van der Waals surface area contributed by atoms with Gasteiger partial charge in [-0.2, -0.15) is 0 Å². The van der Waals surface area contributed by atoms with Crippen LogP contribution in [0.15, 0.2) is 57.5 Å². The summed E-state index contributed by atoms with van der Waals surface area (Å²) in [5.41, 5.74) is 9.10. The number of azo groups is 1. The van der Waals surface area contributed by atoms with Crippen LogP contribution in [0.4, 0.5) is 11.4 Å². The molecule has 0 unspecified atom stereocenters. The SMILES string of the molecule is Cc1[nH]n(CCCCO)c(=O)c1N=Nc1cccc(/C=C/c2ccccc2CN)c1O. The van der Waals surface area contributed by atoms with Crippen molar-refractivity contribution in [3.8, 4) is 5.75 Å². The van der Waals surface area contributed by atoms with Gasteiger partial charge < -0.3 is 15.9 Å². The number of H-pyrrole nitrogens is 1. The van der Waals surface area contributed by atoms with Crippen LogP contribution in [-0.4, -0.2) is 26.6 Å². The van der Waals surface area contributed by atoms with E-state index in [-0.39, 0.29) is 29.3 Å². The second kappa shape index (κ2) is 10.5. The average molecular weight is 422 g/mol. The first kappa shape index (κ1) is 22.2. The summed E-state index contributed by atoms with van der Waals surface area (Å²) in [7, 11) is 0. The van der Waals surface area contributed by atoms with Crippen LogP contribution in [0.2, 0.25) is 0 Å². The van der Waals surface area contributed by atoms with Crippen LogP contribution in [0.3, 0.4) is 0 Å². The van der Waals surface area contributed by atoms with Crippen molar-refractivity contribution in [2.24, 2.45) is 16.0 Å². The molecule has 3 aromatic rings. The first-order valence-corrected chi connectivity index (χ1v) is 10.1. The number of unbranched alkanes of at least 4 members (excludes halogenated alkanes) is 1. The molecule has 0 saturated carbocycles. The van der Waals surface area contributed by atoms with Gasteiger partial charge in [0.25, 0.3) is 5.56 Å². The van der Waals surface area contributed by atoms with Gasteiger partial charge >= 0.3 is 0 Å². The number of aromatic nitrogens is 2. The number of para-hydroxylation sites is 1. The second-order valence-corrected chi connectivity index (χ2v) is 7.12. The molecule has 8 heteroatoms. The van der Waals surface area contributed by atoms with E-state index < -0.39 is 0 Å². The van der Waals surface area contributed by atoms with Gasteiger partial charge in [0.1, 0.15) is 11.4 Å². The maximum atomic E-state index is 12.5. The van der Waals surface area contributed by atoms with Gasteiger partial charge in [0.2, 0.25) is 0 Å². The van der Waals surface area contributed by atoms with Crippen LogP contribution in [0.1, 0.15) is 35.2 Å². The van der Waals surface area contributed by atoms with Crippen LogP contribution in [0, 0.1) is 6.92 Å². The highest BCUT2D eigenvalue weighted by molar-refractivity contribution is 5.76. The molecule has 1 aromatic heterocycles. The molecule has 5 N–H and O–H groups in total. The molecule has 1 heterocycles. The van der Waals surface area contributed by atoms with E-state index in [0.29, 0.717) is 37.2 Å². The van der Waals surface area contributed by atoms with Gasteiger partial charge in [-0.05, 0) is 37.0 Å². The third-order valence-electron chi connectivity index (χ3n) is 4.92. The van der Waals surface area contributed by atoms with Crippen molar-refractivity contribution in [3.63, 3.8) is 0 Å². The number of nitrogens with zero attached hydrogens (tertiary/aromatic N) is 3. The van der Waals surface area contributed by atoms with Crippen LogP contribution in [-0.2, 0) is 13.1 Å². The molecule has 2 aromatic carbocycles. The van der Waals surface area contributed by atoms with E-state index in [2.05, 4.69) is 15.3 Å². The number of hydrogen-bond donors (Lipinski definition) is 4. The van der Waals surface area contributed by atoms with Crippen molar-refractivity contribution in [1.82, 2.24) is 9.78 Å². The predicted molar refractivity (Wildman–Crippen MR) is 122 cm³/mol. The zero-order chi connectivity index (χ0) is 22.2. The number of aromatic hydroxyl groups is 1. The summed E-state index contributed by atoms with van der Waals surface area (Å²) in [6.45, 7) is 2.72. The Hall–Kier alpha value is -3.49. The summed E-state index contributed by atoms with van der Waals surface area (Å²) in [5, 5.41) is 30.7. The highest BCUT2D eigenvalue weighted by atomic mass is 16.3. The van der Waals surface area contributed by atoms with E-state index in [4.69, 9.17) is 10.8 Å². The summed E-state index contributed by atoms with van der Waals surface area (Å²) in [6, 6.07) is 12.9. The lowest BCUT2D eigenvalue weighted by Gasteiger charge is -2.04. The second-order valence-electron chi connectivity index (χ2n) is 7.12. The fourth-order valence-corrected chi connectivity index (χ4v) is 3.18. The molecule has 0 aliphatic heterocycles. The smallest absolute Gasteiger partial charge is 0.294 e. The number of hydrogen-bond acceptors (Lipinski definition) is 6. The Balaban J connectivity index is 1.83. The highest BCUT2D eigenvalue weighted by Crippen LogP contribution is 2.32. The molecule has 0 amide bonds. The molecule has 162 valence electrons. The Morgan fingerprint density at radius 2 is 1.81 bits per heavy atom. The Morgan fingerprint density at radius 1 is 1.06 bits per heavy atom. The molecule has 0 aliphatic carbocycles. The zero-order valence-corrected chi connectivity index (χ0v) is 17.5. The van der Waals surface area contributed by atoms with E-state index in [1.807, 2.05) is 30.3 Å². The molecule has 0 radical (unpaired) electrons. The van der Waals surface area contributed by atoms with Crippen molar-refractivity contribution >= 4 is 23.5 Å². The van der Waals surface area contributed by atoms with E-state index in [9.17, 15) is 9.90 Å². The maximum Gasteiger partial charge on any atom is 0.294 e. The number of phenols is 1. The number of aromatic amines is 1. The van der Waals surface area contributed by atoms with Gasteiger partial charge in [-0.15, -0.1) is 10.2 Å². The first-order chi connectivity index (χ1) is 15.0. The number of aryl methyl sites for hydroxylation is 2. The molecule has 8 nitrogen and oxygen atoms in total. The van der Waals surface area contributed by atoms with Gasteiger partial charge in [0.05, 0.1) is 5.69 Å². The van der Waals surface area contributed by atoms with Crippen LogP contribution >= 0.6 is 0 Å². The molecule has 0 fully saturated rings. The van der Waals surface area contributed by atoms with Crippen molar-refractivity contribution in [3.05, 3.63) is 75.2 Å². The predicted octanol–water partition coefficient (Wildman–Crippen LogP) is 4.01. The van der Waals surface area contributed by atoms with E-state index in [0.717, 1.165) is 11.1 Å². The summed E-state index contributed by atoms with van der Waals surface area (Å²) in [4.78, 5) is 12.5. The fourth-order valence-electron chi connectivity index (χ4n) is 3.18. The minimum absolute atomic E-state index is 0.0239. The number of rotatable bonds is 9. The topological polar surface area (TPSA) is 129 Å². The number of nitrogens with two attached hydrogens (primary N) is 1. The van der Waals surface area contributed by atoms with Gasteiger partial charge in [0, 0.05) is 25.3 Å². The lowest BCUT2D eigenvalue weighted by atomic mass is 10.1. The molecule has 0 aliphatic rings. The minimum Gasteiger partial charge on any atom is -0.505 e. The van der Waals surface area contributed by atoms with Gasteiger partial charge in [-0.1, -0.05) is 48.6 Å². The monoisotopic (exact) mass is 421 g/mol. The molecule has 0 bridgehead atoms. The standard InChI is InChI=1S/C23H27N5O3/c1-16-21(23(31)28(27-16)13-4-5-14-29)26-25-20-10-6-9-18(22(20)30)12-11-17-7-2-3-8-19(17)15-24/h2-3,6-12,27,29-30H,4-5,13-15,24H2,1H3/b12-11+,26-25?. The lowest BCUT2D eigenvalue weighted by molar-refractivity contribution is 0.280.